The molecule has 144 valence electrons. The minimum atomic E-state index is -0.203. The van der Waals surface area contributed by atoms with Crippen LogP contribution in [0.3, 0.4) is 0 Å². The molecule has 0 spiro atoms. The van der Waals surface area contributed by atoms with Crippen LogP contribution in [0.1, 0.15) is 46.4 Å². The van der Waals surface area contributed by atoms with E-state index in [1.54, 1.807) is 11.6 Å². The van der Waals surface area contributed by atoms with Crippen LogP contribution < -0.4 is 11.1 Å². The first-order valence-corrected chi connectivity index (χ1v) is 9.13. The van der Waals surface area contributed by atoms with E-state index in [4.69, 9.17) is 10.3 Å². The van der Waals surface area contributed by atoms with Crippen molar-refractivity contribution in [2.45, 2.75) is 33.1 Å². The van der Waals surface area contributed by atoms with Gasteiger partial charge in [-0.05, 0) is 38.3 Å². The second kappa shape index (κ2) is 8.39. The molecule has 0 fully saturated rings. The Kier molecular flexibility index (Phi) is 5.75. The Morgan fingerprint density at radius 1 is 1.32 bits per heavy atom. The highest BCUT2D eigenvalue weighted by atomic mass is 16.5. The molecule has 3 aromatic rings. The number of nitrogens with one attached hydrogen (secondary N) is 1. The lowest BCUT2D eigenvalue weighted by Gasteiger charge is -2.04. The van der Waals surface area contributed by atoms with Gasteiger partial charge in [0.05, 0.1) is 17.1 Å². The number of aryl methyl sites for hydroxylation is 3. The van der Waals surface area contributed by atoms with Gasteiger partial charge in [-0.15, -0.1) is 0 Å². The van der Waals surface area contributed by atoms with Crippen LogP contribution in [0.2, 0.25) is 0 Å². The zero-order valence-corrected chi connectivity index (χ0v) is 15.9. The van der Waals surface area contributed by atoms with Crippen molar-refractivity contribution >= 4 is 11.7 Å². The van der Waals surface area contributed by atoms with Crippen molar-refractivity contribution in [3.63, 3.8) is 0 Å². The van der Waals surface area contributed by atoms with Gasteiger partial charge in [0.15, 0.2) is 0 Å². The Bertz CT molecular complexity index is 1010. The molecule has 0 aliphatic heterocycles. The maximum absolute atomic E-state index is 12.4. The molecule has 3 rings (SSSR count). The van der Waals surface area contributed by atoms with E-state index < -0.39 is 0 Å². The number of benzene rings is 1. The molecule has 0 aliphatic carbocycles. The fourth-order valence-electron chi connectivity index (χ4n) is 3.04. The molecule has 0 atom stereocenters. The van der Waals surface area contributed by atoms with Crippen molar-refractivity contribution < 1.29 is 9.32 Å². The quantitative estimate of drug-likeness (QED) is 0.609. The highest BCUT2D eigenvalue weighted by Gasteiger charge is 2.19. The molecule has 0 saturated carbocycles. The maximum atomic E-state index is 12.4. The average Bonchev–Trinajstić information content (AvgIpc) is 3.24. The van der Waals surface area contributed by atoms with E-state index in [9.17, 15) is 10.1 Å². The van der Waals surface area contributed by atoms with Crippen LogP contribution >= 0.6 is 0 Å². The van der Waals surface area contributed by atoms with Gasteiger partial charge >= 0.3 is 0 Å². The van der Waals surface area contributed by atoms with Crippen molar-refractivity contribution in [2.75, 3.05) is 12.3 Å². The molecule has 0 unspecified atom stereocenters. The smallest absolute Gasteiger partial charge is 0.256 e. The van der Waals surface area contributed by atoms with E-state index in [1.165, 1.54) is 0 Å². The number of aromatic nitrogens is 3. The highest BCUT2D eigenvalue weighted by Crippen LogP contribution is 2.21. The van der Waals surface area contributed by atoms with E-state index in [-0.39, 0.29) is 5.91 Å². The second-order valence-corrected chi connectivity index (χ2v) is 6.34. The summed E-state index contributed by atoms with van der Waals surface area (Å²) < 4.78 is 6.67. The van der Waals surface area contributed by atoms with Crippen LogP contribution in [0.25, 0.3) is 5.69 Å². The summed E-state index contributed by atoms with van der Waals surface area (Å²) in [6.07, 6.45) is 1.77. The van der Waals surface area contributed by atoms with Gasteiger partial charge in [-0.2, -0.15) is 10.4 Å². The fraction of sp³-hybridized carbons (Fsp3) is 0.300. The summed E-state index contributed by atoms with van der Waals surface area (Å²) in [6, 6.07) is 11.6. The maximum Gasteiger partial charge on any atom is 0.256 e. The number of amides is 1. The first-order valence-electron chi connectivity index (χ1n) is 9.13. The van der Waals surface area contributed by atoms with Gasteiger partial charge < -0.3 is 15.6 Å². The number of carbonyl (C=O) groups excluding carboxylic acids is 1. The van der Waals surface area contributed by atoms with Crippen molar-refractivity contribution in [1.29, 1.82) is 5.26 Å². The molecule has 8 heteroatoms. The van der Waals surface area contributed by atoms with Gasteiger partial charge in [-0.25, -0.2) is 4.68 Å². The number of carbonyl (C=O) groups is 1. The number of para-hydroxylation sites is 1. The topological polar surface area (TPSA) is 123 Å². The number of nitriles is 1. The lowest BCUT2D eigenvalue weighted by molar-refractivity contribution is 0.0951. The largest absolute Gasteiger partial charge is 0.382 e. The molecule has 2 heterocycles. The van der Waals surface area contributed by atoms with Crippen molar-refractivity contribution in [2.24, 2.45) is 0 Å². The normalized spacial score (nSPS) is 10.6. The second-order valence-electron chi connectivity index (χ2n) is 6.34. The van der Waals surface area contributed by atoms with E-state index in [0.29, 0.717) is 59.9 Å². The molecule has 1 amide bonds. The molecular weight excluding hydrogens is 356 g/mol. The van der Waals surface area contributed by atoms with Crippen LogP contribution in [0.4, 0.5) is 5.82 Å². The summed E-state index contributed by atoms with van der Waals surface area (Å²) in [5, 5.41) is 20.7. The van der Waals surface area contributed by atoms with E-state index in [0.717, 1.165) is 5.69 Å². The number of hydrogen-bond acceptors (Lipinski definition) is 6. The number of rotatable bonds is 7. The minimum Gasteiger partial charge on any atom is -0.382 e. The van der Waals surface area contributed by atoms with Gasteiger partial charge in [0.1, 0.15) is 28.8 Å². The molecule has 1 aromatic carbocycles. The standard InChI is InChI=1S/C20H22N6O2/c1-3-16-18(13(2)28-25-16)20(27)23-11-7-10-17-15(12-21)19(22)26(24-17)14-8-5-4-6-9-14/h4-6,8-9H,3,7,10-11,22H2,1-2H3,(H,23,27). The highest BCUT2D eigenvalue weighted by molar-refractivity contribution is 5.96. The Hall–Kier alpha value is -3.60. The molecular formula is C20H22N6O2. The average molecular weight is 378 g/mol. The SMILES string of the molecule is CCc1noc(C)c1C(=O)NCCCc1nn(-c2ccccc2)c(N)c1C#N. The summed E-state index contributed by atoms with van der Waals surface area (Å²) in [6.45, 7) is 4.08. The van der Waals surface area contributed by atoms with Gasteiger partial charge in [0, 0.05) is 6.54 Å². The molecule has 2 aromatic heterocycles. The number of nitrogens with two attached hydrogens (primary N) is 1. The Morgan fingerprint density at radius 2 is 2.07 bits per heavy atom. The predicted molar refractivity (Wildman–Crippen MR) is 104 cm³/mol. The summed E-state index contributed by atoms with van der Waals surface area (Å²) in [5.74, 6) is 0.626. The molecule has 0 saturated heterocycles. The third-order valence-electron chi connectivity index (χ3n) is 4.48. The molecule has 0 radical (unpaired) electrons. The van der Waals surface area contributed by atoms with Crippen molar-refractivity contribution in [1.82, 2.24) is 20.3 Å². The monoisotopic (exact) mass is 378 g/mol. The molecule has 3 N–H and O–H groups in total. The lowest BCUT2D eigenvalue weighted by Crippen LogP contribution is -2.26. The van der Waals surface area contributed by atoms with E-state index in [1.807, 2.05) is 37.3 Å². The minimum absolute atomic E-state index is 0.203. The van der Waals surface area contributed by atoms with Gasteiger partial charge in [0.2, 0.25) is 0 Å². The number of anilines is 1. The summed E-state index contributed by atoms with van der Waals surface area (Å²) in [4.78, 5) is 12.4. The summed E-state index contributed by atoms with van der Waals surface area (Å²) >= 11 is 0. The predicted octanol–water partition coefficient (Wildman–Crippen LogP) is 2.55. The van der Waals surface area contributed by atoms with Gasteiger partial charge in [-0.3, -0.25) is 4.79 Å². The third-order valence-corrected chi connectivity index (χ3v) is 4.48. The molecule has 28 heavy (non-hydrogen) atoms. The Labute approximate surface area is 162 Å². The fourth-order valence-corrected chi connectivity index (χ4v) is 3.04. The lowest BCUT2D eigenvalue weighted by atomic mass is 10.1. The van der Waals surface area contributed by atoms with Crippen LogP contribution in [-0.4, -0.2) is 27.4 Å². The zero-order chi connectivity index (χ0) is 20.1. The molecule has 0 aliphatic rings. The number of hydrogen-bond donors (Lipinski definition) is 2. The van der Waals surface area contributed by atoms with Crippen molar-refractivity contribution in [3.8, 4) is 11.8 Å². The van der Waals surface area contributed by atoms with Crippen molar-refractivity contribution in [3.05, 3.63) is 58.6 Å². The van der Waals surface area contributed by atoms with Gasteiger partial charge in [-0.1, -0.05) is 30.3 Å². The molecule has 0 bridgehead atoms. The summed E-state index contributed by atoms with van der Waals surface area (Å²) in [5.41, 5.74) is 9.04. The van der Waals surface area contributed by atoms with E-state index >= 15 is 0 Å². The zero-order valence-electron chi connectivity index (χ0n) is 15.9. The number of nitrogens with zero attached hydrogens (tertiary/aromatic N) is 4. The van der Waals surface area contributed by atoms with Crippen LogP contribution in [0.15, 0.2) is 34.9 Å². The Morgan fingerprint density at radius 3 is 2.75 bits per heavy atom. The summed E-state index contributed by atoms with van der Waals surface area (Å²) in [7, 11) is 0. The first-order chi connectivity index (χ1) is 13.6. The Balaban J connectivity index is 1.65. The molecule has 8 nitrogen and oxygen atoms in total. The first kappa shape index (κ1) is 19.2. The number of nitrogen functional groups attached to an aromatic ring is 1. The van der Waals surface area contributed by atoms with Crippen LogP contribution in [0.5, 0.6) is 0 Å². The van der Waals surface area contributed by atoms with Crippen LogP contribution in [0, 0.1) is 18.3 Å². The third kappa shape index (κ3) is 3.74. The van der Waals surface area contributed by atoms with E-state index in [2.05, 4.69) is 21.6 Å². The van der Waals surface area contributed by atoms with Crippen LogP contribution in [-0.2, 0) is 12.8 Å². The van der Waals surface area contributed by atoms with Gasteiger partial charge in [0.25, 0.3) is 5.91 Å².